The molecule has 0 bridgehead atoms. The van der Waals surface area contributed by atoms with E-state index in [0.29, 0.717) is 17.9 Å². The number of hydrogen-bond donors (Lipinski definition) is 2. The standard InChI is InChI=1S/C12H14ClNO4S/c13-9-3-1-4-10(7-9)19(17,18)14-12(5-2-6-12)8-11(15)16/h1,3-4,7,14H,2,5-6,8H2,(H,15,16). The van der Waals surface area contributed by atoms with Gasteiger partial charge in [0.05, 0.1) is 11.3 Å². The van der Waals surface area contributed by atoms with E-state index in [1.165, 1.54) is 12.1 Å². The maximum absolute atomic E-state index is 12.2. The highest BCUT2D eigenvalue weighted by atomic mass is 35.5. The summed E-state index contributed by atoms with van der Waals surface area (Å²) >= 11 is 5.77. The molecule has 7 heteroatoms. The summed E-state index contributed by atoms with van der Waals surface area (Å²) in [4.78, 5) is 10.9. The Balaban J connectivity index is 2.23. The van der Waals surface area contributed by atoms with Crippen LogP contribution < -0.4 is 4.72 Å². The van der Waals surface area contributed by atoms with Crippen LogP contribution in [-0.2, 0) is 14.8 Å². The predicted molar refractivity (Wildman–Crippen MR) is 70.6 cm³/mol. The van der Waals surface area contributed by atoms with Gasteiger partial charge in [0.15, 0.2) is 0 Å². The molecule has 1 aliphatic rings. The summed E-state index contributed by atoms with van der Waals surface area (Å²) in [6.07, 6.45) is 1.70. The second kappa shape index (κ2) is 5.11. The minimum absolute atomic E-state index is 0.0525. The molecule has 104 valence electrons. The molecule has 0 aromatic heterocycles. The van der Waals surface area contributed by atoms with Gasteiger partial charge < -0.3 is 5.11 Å². The molecule has 0 aliphatic heterocycles. The van der Waals surface area contributed by atoms with Crippen LogP contribution in [0.15, 0.2) is 29.2 Å². The molecule has 2 rings (SSSR count). The Bertz CT molecular complexity index is 596. The lowest BCUT2D eigenvalue weighted by atomic mass is 9.75. The molecule has 2 N–H and O–H groups in total. The Kier molecular flexibility index (Phi) is 3.85. The number of halogens is 1. The summed E-state index contributed by atoms with van der Waals surface area (Å²) in [7, 11) is -3.74. The van der Waals surface area contributed by atoms with Gasteiger partial charge in [-0.25, -0.2) is 13.1 Å². The average molecular weight is 304 g/mol. The van der Waals surface area contributed by atoms with Crippen molar-refractivity contribution in [3.05, 3.63) is 29.3 Å². The topological polar surface area (TPSA) is 83.5 Å². The van der Waals surface area contributed by atoms with Gasteiger partial charge in [0.25, 0.3) is 0 Å². The number of carbonyl (C=O) groups is 1. The molecule has 0 amide bonds. The molecule has 5 nitrogen and oxygen atoms in total. The maximum atomic E-state index is 12.2. The van der Waals surface area contributed by atoms with E-state index in [1.807, 2.05) is 0 Å². The van der Waals surface area contributed by atoms with Crippen LogP contribution in [0.3, 0.4) is 0 Å². The first-order chi connectivity index (χ1) is 8.83. The van der Waals surface area contributed by atoms with Gasteiger partial charge in [-0.2, -0.15) is 0 Å². The number of benzene rings is 1. The summed E-state index contributed by atoms with van der Waals surface area (Å²) in [5.74, 6) is -1.01. The first-order valence-corrected chi connectivity index (χ1v) is 7.71. The smallest absolute Gasteiger partial charge is 0.305 e. The third-order valence-electron chi connectivity index (χ3n) is 3.26. The largest absolute Gasteiger partial charge is 0.481 e. The van der Waals surface area contributed by atoms with Crippen molar-refractivity contribution in [3.63, 3.8) is 0 Å². The fourth-order valence-electron chi connectivity index (χ4n) is 2.19. The molecule has 1 fully saturated rings. The highest BCUT2D eigenvalue weighted by molar-refractivity contribution is 7.89. The van der Waals surface area contributed by atoms with Crippen molar-refractivity contribution in [3.8, 4) is 0 Å². The minimum Gasteiger partial charge on any atom is -0.481 e. The summed E-state index contributed by atoms with van der Waals surface area (Å²) in [5, 5.41) is 9.19. The number of hydrogen-bond acceptors (Lipinski definition) is 3. The van der Waals surface area contributed by atoms with Crippen molar-refractivity contribution < 1.29 is 18.3 Å². The van der Waals surface area contributed by atoms with E-state index < -0.39 is 21.5 Å². The average Bonchev–Trinajstić information content (AvgIpc) is 2.25. The Morgan fingerprint density at radius 3 is 2.58 bits per heavy atom. The Hall–Kier alpha value is -1.11. The van der Waals surface area contributed by atoms with Gasteiger partial charge in [0.2, 0.25) is 10.0 Å². The van der Waals surface area contributed by atoms with Gasteiger partial charge in [-0.3, -0.25) is 4.79 Å². The zero-order chi connectivity index (χ0) is 14.1. The van der Waals surface area contributed by atoms with Crippen molar-refractivity contribution in [1.29, 1.82) is 0 Å². The summed E-state index contributed by atoms with van der Waals surface area (Å²) < 4.78 is 26.9. The van der Waals surface area contributed by atoms with E-state index in [4.69, 9.17) is 16.7 Å². The van der Waals surface area contributed by atoms with E-state index in [1.54, 1.807) is 12.1 Å². The van der Waals surface area contributed by atoms with Crippen LogP contribution in [0.5, 0.6) is 0 Å². The number of sulfonamides is 1. The SMILES string of the molecule is O=C(O)CC1(NS(=O)(=O)c2cccc(Cl)c2)CCC1. The van der Waals surface area contributed by atoms with Crippen molar-refractivity contribution in [2.75, 3.05) is 0 Å². The molecule has 1 aromatic rings. The molecule has 0 unspecified atom stereocenters. The van der Waals surface area contributed by atoms with Gasteiger partial charge in [0, 0.05) is 10.6 Å². The van der Waals surface area contributed by atoms with E-state index in [0.717, 1.165) is 6.42 Å². The number of rotatable bonds is 5. The van der Waals surface area contributed by atoms with Crippen LogP contribution in [0.25, 0.3) is 0 Å². The van der Waals surface area contributed by atoms with Gasteiger partial charge in [-0.1, -0.05) is 17.7 Å². The van der Waals surface area contributed by atoms with Crippen molar-refractivity contribution in [2.24, 2.45) is 0 Å². The molecule has 1 saturated carbocycles. The quantitative estimate of drug-likeness (QED) is 0.871. The summed E-state index contributed by atoms with van der Waals surface area (Å²) in [6.45, 7) is 0. The lowest BCUT2D eigenvalue weighted by Crippen LogP contribution is -2.54. The molecule has 0 saturated heterocycles. The lowest BCUT2D eigenvalue weighted by Gasteiger charge is -2.40. The van der Waals surface area contributed by atoms with Crippen LogP contribution in [0.4, 0.5) is 0 Å². The van der Waals surface area contributed by atoms with E-state index >= 15 is 0 Å². The predicted octanol–water partition coefficient (Wildman–Crippen LogP) is 2.02. The van der Waals surface area contributed by atoms with E-state index in [2.05, 4.69) is 4.72 Å². The molecular formula is C12H14ClNO4S. The molecule has 0 radical (unpaired) electrons. The Morgan fingerprint density at radius 2 is 2.11 bits per heavy atom. The van der Waals surface area contributed by atoms with Crippen LogP contribution in [0.1, 0.15) is 25.7 Å². The van der Waals surface area contributed by atoms with Gasteiger partial charge in [-0.15, -0.1) is 0 Å². The molecule has 0 atom stereocenters. The molecule has 1 aromatic carbocycles. The van der Waals surface area contributed by atoms with Gasteiger partial charge >= 0.3 is 5.97 Å². The maximum Gasteiger partial charge on any atom is 0.305 e. The van der Waals surface area contributed by atoms with Crippen molar-refractivity contribution in [1.82, 2.24) is 4.72 Å². The Morgan fingerprint density at radius 1 is 1.42 bits per heavy atom. The second-order valence-electron chi connectivity index (χ2n) is 4.77. The van der Waals surface area contributed by atoms with Crippen molar-refractivity contribution >= 4 is 27.6 Å². The third kappa shape index (κ3) is 3.26. The zero-order valence-corrected chi connectivity index (χ0v) is 11.7. The zero-order valence-electron chi connectivity index (χ0n) is 10.1. The summed E-state index contributed by atoms with van der Waals surface area (Å²) in [6, 6.07) is 5.90. The Labute approximate surface area is 116 Å². The monoisotopic (exact) mass is 303 g/mol. The number of carboxylic acid groups (broad SMARTS) is 1. The van der Waals surface area contributed by atoms with Gasteiger partial charge in [-0.05, 0) is 37.5 Å². The lowest BCUT2D eigenvalue weighted by molar-refractivity contribution is -0.139. The third-order valence-corrected chi connectivity index (χ3v) is 5.07. The first kappa shape index (κ1) is 14.3. The summed E-state index contributed by atoms with van der Waals surface area (Å²) in [5.41, 5.74) is -0.854. The minimum atomic E-state index is -3.74. The van der Waals surface area contributed by atoms with Crippen LogP contribution >= 0.6 is 11.6 Å². The number of nitrogens with one attached hydrogen (secondary N) is 1. The first-order valence-electron chi connectivity index (χ1n) is 5.84. The van der Waals surface area contributed by atoms with Crippen LogP contribution in [0.2, 0.25) is 5.02 Å². The highest BCUT2D eigenvalue weighted by Crippen LogP contribution is 2.36. The van der Waals surface area contributed by atoms with Crippen molar-refractivity contribution in [2.45, 2.75) is 36.1 Å². The normalized spacial score (nSPS) is 17.7. The fraction of sp³-hybridized carbons (Fsp3) is 0.417. The molecule has 1 aliphatic carbocycles. The van der Waals surface area contributed by atoms with E-state index in [-0.39, 0.29) is 11.3 Å². The van der Waals surface area contributed by atoms with Crippen LogP contribution in [-0.4, -0.2) is 25.0 Å². The van der Waals surface area contributed by atoms with E-state index in [9.17, 15) is 13.2 Å². The molecular weight excluding hydrogens is 290 g/mol. The number of aliphatic carboxylic acids is 1. The molecule has 0 heterocycles. The number of carboxylic acids is 1. The van der Waals surface area contributed by atoms with Gasteiger partial charge in [0.1, 0.15) is 0 Å². The molecule has 19 heavy (non-hydrogen) atoms. The molecule has 0 spiro atoms. The highest BCUT2D eigenvalue weighted by Gasteiger charge is 2.42. The fourth-order valence-corrected chi connectivity index (χ4v) is 3.95. The van der Waals surface area contributed by atoms with Crippen LogP contribution in [0, 0.1) is 0 Å². The second-order valence-corrected chi connectivity index (χ2v) is 6.89.